The first kappa shape index (κ1) is 16.4. The fourth-order valence-corrected chi connectivity index (χ4v) is 2.04. The molecule has 0 fully saturated rings. The highest BCUT2D eigenvalue weighted by Gasteiger charge is 2.21. The van der Waals surface area contributed by atoms with Gasteiger partial charge in [-0.05, 0) is 47.2 Å². The van der Waals surface area contributed by atoms with Crippen molar-refractivity contribution < 1.29 is 24.2 Å². The Morgan fingerprint density at radius 1 is 1.40 bits per heavy atom. The molecule has 2 N–H and O–H groups in total. The van der Waals surface area contributed by atoms with Gasteiger partial charge >= 0.3 is 11.9 Å². The zero-order valence-corrected chi connectivity index (χ0v) is 12.9. The Balaban J connectivity index is 2.68. The molecule has 0 saturated heterocycles. The number of carboxylic acid groups (broad SMARTS) is 1. The molecule has 6 nitrogen and oxygen atoms in total. The van der Waals surface area contributed by atoms with Gasteiger partial charge in [-0.2, -0.15) is 0 Å². The lowest BCUT2D eigenvalue weighted by molar-refractivity contribution is -0.142. The van der Waals surface area contributed by atoms with Gasteiger partial charge in [-0.15, -0.1) is 0 Å². The summed E-state index contributed by atoms with van der Waals surface area (Å²) in [6.45, 7) is 0. The normalized spacial score (nSPS) is 11.5. The summed E-state index contributed by atoms with van der Waals surface area (Å²) in [4.78, 5) is 34.0. The third-order valence-electron chi connectivity index (χ3n) is 2.56. The highest BCUT2D eigenvalue weighted by atomic mass is 127. The maximum Gasteiger partial charge on any atom is 0.326 e. The van der Waals surface area contributed by atoms with Gasteiger partial charge in [-0.25, -0.2) is 4.79 Å². The summed E-state index contributed by atoms with van der Waals surface area (Å²) in [6, 6.07) is 5.65. The average Bonchev–Trinajstić information content (AvgIpc) is 2.42. The number of hydrogen-bond acceptors (Lipinski definition) is 4. The van der Waals surface area contributed by atoms with Gasteiger partial charge in [-0.1, -0.05) is 6.07 Å². The topological polar surface area (TPSA) is 92.7 Å². The first-order valence-electron chi connectivity index (χ1n) is 5.80. The molecule has 0 saturated carbocycles. The second kappa shape index (κ2) is 7.83. The zero-order chi connectivity index (χ0) is 15.1. The molecule has 0 bridgehead atoms. The molecule has 7 heteroatoms. The molecule has 0 aliphatic heterocycles. The van der Waals surface area contributed by atoms with E-state index >= 15 is 0 Å². The van der Waals surface area contributed by atoms with E-state index in [0.29, 0.717) is 5.56 Å². The van der Waals surface area contributed by atoms with Crippen LogP contribution in [0.25, 0.3) is 0 Å². The predicted octanol–water partition coefficient (Wildman–Crippen LogP) is 1.43. The molecule has 0 aliphatic rings. The van der Waals surface area contributed by atoms with Crippen molar-refractivity contribution in [3.8, 4) is 0 Å². The van der Waals surface area contributed by atoms with Gasteiger partial charge in [-0.3, -0.25) is 9.59 Å². The summed E-state index contributed by atoms with van der Waals surface area (Å²) in [5, 5.41) is 11.4. The SMILES string of the molecule is COC(=O)CCC(NC(=O)c1cccc(I)c1)C(=O)O. The number of carbonyl (C=O) groups excluding carboxylic acids is 2. The van der Waals surface area contributed by atoms with E-state index in [1.807, 2.05) is 6.07 Å². The molecule has 1 aromatic carbocycles. The molecule has 1 unspecified atom stereocenters. The number of carboxylic acids is 1. The Labute approximate surface area is 129 Å². The lowest BCUT2D eigenvalue weighted by atomic mass is 10.1. The van der Waals surface area contributed by atoms with Crippen LogP contribution in [0, 0.1) is 3.57 Å². The van der Waals surface area contributed by atoms with Crippen LogP contribution in [0.1, 0.15) is 23.2 Å². The predicted molar refractivity (Wildman–Crippen MR) is 79.3 cm³/mol. The molecule has 0 radical (unpaired) electrons. The van der Waals surface area contributed by atoms with E-state index in [0.717, 1.165) is 3.57 Å². The van der Waals surface area contributed by atoms with Crippen LogP contribution in [0.2, 0.25) is 0 Å². The van der Waals surface area contributed by atoms with E-state index in [2.05, 4.69) is 32.6 Å². The summed E-state index contributed by atoms with van der Waals surface area (Å²) in [5.41, 5.74) is 0.376. The van der Waals surface area contributed by atoms with Gasteiger partial charge in [0.25, 0.3) is 5.91 Å². The molecule has 0 spiro atoms. The van der Waals surface area contributed by atoms with Crippen LogP contribution in [-0.4, -0.2) is 36.1 Å². The summed E-state index contributed by atoms with van der Waals surface area (Å²) in [6.07, 6.45) is -0.0856. The lowest BCUT2D eigenvalue weighted by Crippen LogP contribution is -2.41. The van der Waals surface area contributed by atoms with Crippen LogP contribution in [0.5, 0.6) is 0 Å². The van der Waals surface area contributed by atoms with Crippen molar-refractivity contribution in [3.05, 3.63) is 33.4 Å². The second-order valence-corrected chi connectivity index (χ2v) is 5.24. The molecular weight excluding hydrogens is 377 g/mol. The van der Waals surface area contributed by atoms with Gasteiger partial charge < -0.3 is 15.2 Å². The average molecular weight is 391 g/mol. The van der Waals surface area contributed by atoms with E-state index < -0.39 is 23.9 Å². The molecule has 1 rings (SSSR count). The molecule has 1 amide bonds. The van der Waals surface area contributed by atoms with E-state index in [1.54, 1.807) is 18.2 Å². The number of nitrogens with one attached hydrogen (secondary N) is 1. The number of benzene rings is 1. The highest BCUT2D eigenvalue weighted by Crippen LogP contribution is 2.09. The van der Waals surface area contributed by atoms with Crippen LogP contribution in [0.3, 0.4) is 0 Å². The maximum atomic E-state index is 11.9. The summed E-state index contributed by atoms with van der Waals surface area (Å²) < 4.78 is 5.31. The van der Waals surface area contributed by atoms with Crippen LogP contribution >= 0.6 is 22.6 Å². The van der Waals surface area contributed by atoms with Gasteiger partial charge in [0.1, 0.15) is 6.04 Å². The second-order valence-electron chi connectivity index (χ2n) is 3.99. The smallest absolute Gasteiger partial charge is 0.326 e. The Morgan fingerprint density at radius 2 is 2.10 bits per heavy atom. The van der Waals surface area contributed by atoms with Gasteiger partial charge in [0, 0.05) is 15.6 Å². The number of methoxy groups -OCH3 is 1. The number of esters is 1. The molecule has 1 atom stereocenters. The standard InChI is InChI=1S/C13H14INO5/c1-20-11(16)6-5-10(13(18)19)15-12(17)8-3-2-4-9(14)7-8/h2-4,7,10H,5-6H2,1H3,(H,15,17)(H,18,19). The molecule has 0 aliphatic carbocycles. The summed E-state index contributed by atoms with van der Waals surface area (Å²) in [7, 11) is 1.22. The molecule has 20 heavy (non-hydrogen) atoms. The Kier molecular flexibility index (Phi) is 6.43. The van der Waals surface area contributed by atoms with E-state index in [-0.39, 0.29) is 12.8 Å². The van der Waals surface area contributed by atoms with Crippen LogP contribution in [-0.2, 0) is 14.3 Å². The largest absolute Gasteiger partial charge is 0.480 e. The number of rotatable bonds is 6. The fourth-order valence-electron chi connectivity index (χ4n) is 1.49. The summed E-state index contributed by atoms with van der Waals surface area (Å²) >= 11 is 2.06. The quantitative estimate of drug-likeness (QED) is 0.566. The van der Waals surface area contributed by atoms with Crippen LogP contribution in [0.4, 0.5) is 0 Å². The molecule has 1 aromatic rings. The number of carbonyl (C=O) groups is 3. The summed E-state index contributed by atoms with van der Waals surface area (Å²) in [5.74, 6) is -2.19. The van der Waals surface area contributed by atoms with E-state index in [4.69, 9.17) is 5.11 Å². The van der Waals surface area contributed by atoms with E-state index in [9.17, 15) is 14.4 Å². The number of amides is 1. The number of aliphatic carboxylic acids is 1. The van der Waals surface area contributed by atoms with Crippen molar-refractivity contribution in [2.45, 2.75) is 18.9 Å². The third kappa shape index (κ3) is 5.16. The van der Waals surface area contributed by atoms with Crippen LogP contribution in [0.15, 0.2) is 24.3 Å². The maximum absolute atomic E-state index is 11.9. The van der Waals surface area contributed by atoms with Crippen molar-refractivity contribution in [2.75, 3.05) is 7.11 Å². The minimum absolute atomic E-state index is 0.0162. The van der Waals surface area contributed by atoms with E-state index in [1.165, 1.54) is 7.11 Å². The Hall–Kier alpha value is -1.64. The molecule has 0 aromatic heterocycles. The minimum atomic E-state index is -1.19. The Morgan fingerprint density at radius 3 is 2.65 bits per heavy atom. The lowest BCUT2D eigenvalue weighted by Gasteiger charge is -2.14. The molecular formula is C13H14INO5. The van der Waals surface area contributed by atoms with Crippen molar-refractivity contribution in [1.29, 1.82) is 0 Å². The van der Waals surface area contributed by atoms with Crippen molar-refractivity contribution in [1.82, 2.24) is 5.32 Å². The van der Waals surface area contributed by atoms with Gasteiger partial charge in [0.2, 0.25) is 0 Å². The monoisotopic (exact) mass is 391 g/mol. The van der Waals surface area contributed by atoms with Gasteiger partial charge in [0.05, 0.1) is 7.11 Å². The first-order valence-corrected chi connectivity index (χ1v) is 6.88. The number of hydrogen-bond donors (Lipinski definition) is 2. The number of ether oxygens (including phenoxy) is 1. The first-order chi connectivity index (χ1) is 9.43. The third-order valence-corrected chi connectivity index (χ3v) is 3.23. The zero-order valence-electron chi connectivity index (χ0n) is 10.8. The Bertz CT molecular complexity index is 517. The fraction of sp³-hybridized carbons (Fsp3) is 0.308. The minimum Gasteiger partial charge on any atom is -0.480 e. The van der Waals surface area contributed by atoms with Gasteiger partial charge in [0.15, 0.2) is 0 Å². The van der Waals surface area contributed by atoms with Crippen molar-refractivity contribution in [2.24, 2.45) is 0 Å². The molecule has 108 valence electrons. The highest BCUT2D eigenvalue weighted by molar-refractivity contribution is 14.1. The number of halogens is 1. The van der Waals surface area contributed by atoms with Crippen molar-refractivity contribution in [3.63, 3.8) is 0 Å². The van der Waals surface area contributed by atoms with Crippen molar-refractivity contribution >= 4 is 40.4 Å². The molecule has 0 heterocycles. The van der Waals surface area contributed by atoms with Crippen LogP contribution < -0.4 is 5.32 Å².